The maximum Gasteiger partial charge on any atom is 0.262 e. The molecular weight excluding hydrogens is 473 g/mol. The highest BCUT2D eigenvalue weighted by Gasteiger charge is 2.26. The van der Waals surface area contributed by atoms with Crippen LogP contribution in [-0.4, -0.2) is 58.6 Å². The minimum atomic E-state index is -3.98. The van der Waals surface area contributed by atoms with Crippen LogP contribution in [0.5, 0.6) is 11.5 Å². The monoisotopic (exact) mass is 497 g/mol. The number of carbonyl (C=O) groups is 1. The molecule has 35 heavy (non-hydrogen) atoms. The zero-order chi connectivity index (χ0) is 24.4. The van der Waals surface area contributed by atoms with Crippen LogP contribution in [0.15, 0.2) is 71.6 Å². The molecule has 3 aromatic rings. The van der Waals surface area contributed by atoms with Crippen molar-refractivity contribution >= 4 is 27.3 Å². The van der Waals surface area contributed by atoms with Crippen molar-refractivity contribution in [3.05, 3.63) is 78.1 Å². The molecule has 0 bridgehead atoms. The fourth-order valence-corrected chi connectivity index (χ4v) is 5.24. The molecule has 1 saturated heterocycles. The molecule has 2 heterocycles. The third-order valence-electron chi connectivity index (χ3n) is 5.98. The first-order valence-electron chi connectivity index (χ1n) is 11.2. The molecule has 2 aliphatic rings. The Bertz CT molecular complexity index is 1340. The summed E-state index contributed by atoms with van der Waals surface area (Å²) < 4.78 is 52.9. The molecule has 2 aliphatic heterocycles. The van der Waals surface area contributed by atoms with Crippen LogP contribution in [0.1, 0.15) is 10.4 Å². The van der Waals surface area contributed by atoms with Crippen LogP contribution in [0.25, 0.3) is 0 Å². The van der Waals surface area contributed by atoms with Gasteiger partial charge in [0.1, 0.15) is 19.0 Å². The Balaban J connectivity index is 1.31. The fraction of sp³-hybridized carbons (Fsp3) is 0.240. The maximum atomic E-state index is 13.3. The number of anilines is 2. The molecule has 0 atom stereocenters. The van der Waals surface area contributed by atoms with E-state index in [1.165, 1.54) is 24.3 Å². The first-order chi connectivity index (χ1) is 16.9. The topological polar surface area (TPSA) is 88.2 Å². The Morgan fingerprint density at radius 1 is 0.857 bits per heavy atom. The van der Waals surface area contributed by atoms with Gasteiger partial charge in [-0.1, -0.05) is 12.1 Å². The standard InChI is InChI=1S/C25H24FN3O5S/c26-18-5-7-19(8-6-18)28-11-13-29(14-12-28)25(30)21-3-1-2-4-22(21)27-35(31,32)20-9-10-23-24(17-20)34-16-15-33-23/h1-10,17,27H,11-16H2. The highest BCUT2D eigenvalue weighted by Crippen LogP contribution is 2.33. The number of nitrogens with zero attached hydrogens (tertiary/aromatic N) is 2. The average molecular weight is 498 g/mol. The predicted molar refractivity (Wildman–Crippen MR) is 129 cm³/mol. The number of benzene rings is 3. The van der Waals surface area contributed by atoms with Gasteiger partial charge in [-0.05, 0) is 48.5 Å². The summed E-state index contributed by atoms with van der Waals surface area (Å²) in [5.74, 6) is 0.301. The van der Waals surface area contributed by atoms with Crippen molar-refractivity contribution in [2.24, 2.45) is 0 Å². The lowest BCUT2D eigenvalue weighted by Gasteiger charge is -2.36. The molecule has 3 aromatic carbocycles. The first-order valence-corrected chi connectivity index (χ1v) is 12.7. The number of fused-ring (bicyclic) bond motifs is 1. The first kappa shape index (κ1) is 23.0. The van der Waals surface area contributed by atoms with Gasteiger partial charge in [0, 0.05) is 37.9 Å². The second kappa shape index (κ2) is 9.46. The fourth-order valence-electron chi connectivity index (χ4n) is 4.14. The van der Waals surface area contributed by atoms with Crippen LogP contribution in [0.3, 0.4) is 0 Å². The number of hydrogen-bond donors (Lipinski definition) is 1. The number of ether oxygens (including phenoxy) is 2. The number of hydrogen-bond acceptors (Lipinski definition) is 6. The van der Waals surface area contributed by atoms with Crippen LogP contribution >= 0.6 is 0 Å². The molecular formula is C25H24FN3O5S. The van der Waals surface area contributed by atoms with Crippen molar-refractivity contribution in [3.63, 3.8) is 0 Å². The molecule has 0 spiro atoms. The third kappa shape index (κ3) is 4.88. The Hall–Kier alpha value is -3.79. The molecule has 0 saturated carbocycles. The number of rotatable bonds is 5. The van der Waals surface area contributed by atoms with Crippen LogP contribution in [0, 0.1) is 5.82 Å². The Morgan fingerprint density at radius 3 is 2.29 bits per heavy atom. The van der Waals surface area contributed by atoms with E-state index in [9.17, 15) is 17.6 Å². The van der Waals surface area contributed by atoms with Gasteiger partial charge in [-0.2, -0.15) is 0 Å². The normalized spacial score (nSPS) is 15.6. The summed E-state index contributed by atoms with van der Waals surface area (Å²) in [5.41, 5.74) is 1.36. The van der Waals surface area contributed by atoms with Gasteiger partial charge in [0.05, 0.1) is 16.1 Å². The van der Waals surface area contributed by atoms with Crippen molar-refractivity contribution in [1.29, 1.82) is 0 Å². The number of sulfonamides is 1. The highest BCUT2D eigenvalue weighted by atomic mass is 32.2. The van der Waals surface area contributed by atoms with Crippen LogP contribution in [-0.2, 0) is 10.0 Å². The minimum Gasteiger partial charge on any atom is -0.486 e. The second-order valence-electron chi connectivity index (χ2n) is 8.21. The smallest absolute Gasteiger partial charge is 0.262 e. The van der Waals surface area contributed by atoms with Gasteiger partial charge < -0.3 is 19.3 Å². The number of para-hydroxylation sites is 1. The summed E-state index contributed by atoms with van der Waals surface area (Å²) in [5, 5.41) is 0. The third-order valence-corrected chi connectivity index (χ3v) is 7.35. The van der Waals surface area contributed by atoms with Crippen LogP contribution < -0.4 is 19.1 Å². The van der Waals surface area contributed by atoms with E-state index in [4.69, 9.17) is 9.47 Å². The zero-order valence-corrected chi connectivity index (χ0v) is 19.6. The molecule has 0 aromatic heterocycles. The average Bonchev–Trinajstić information content (AvgIpc) is 2.89. The van der Waals surface area contributed by atoms with Gasteiger partial charge >= 0.3 is 0 Å². The molecule has 0 unspecified atom stereocenters. The largest absolute Gasteiger partial charge is 0.486 e. The lowest BCUT2D eigenvalue weighted by atomic mass is 10.1. The van der Waals surface area contributed by atoms with Crippen molar-refractivity contribution < 1.29 is 27.1 Å². The number of piperazine rings is 1. The maximum absolute atomic E-state index is 13.3. The molecule has 0 aliphatic carbocycles. The van der Waals surface area contributed by atoms with Crippen molar-refractivity contribution in [2.75, 3.05) is 49.0 Å². The summed E-state index contributed by atoms with van der Waals surface area (Å²) in [7, 11) is -3.98. The van der Waals surface area contributed by atoms with Crippen molar-refractivity contribution in [1.82, 2.24) is 4.90 Å². The Labute approximate surface area is 202 Å². The molecule has 182 valence electrons. The predicted octanol–water partition coefficient (Wildman–Crippen LogP) is 3.36. The van der Waals surface area contributed by atoms with Crippen molar-refractivity contribution in [2.45, 2.75) is 4.90 Å². The van der Waals surface area contributed by atoms with E-state index in [0.29, 0.717) is 50.9 Å². The number of halogens is 1. The number of amides is 1. The van der Waals surface area contributed by atoms with Gasteiger partial charge in [0.25, 0.3) is 15.9 Å². The molecule has 0 radical (unpaired) electrons. The highest BCUT2D eigenvalue weighted by molar-refractivity contribution is 7.92. The van der Waals surface area contributed by atoms with Gasteiger partial charge in [0.2, 0.25) is 0 Å². The van der Waals surface area contributed by atoms with Crippen molar-refractivity contribution in [3.8, 4) is 11.5 Å². The lowest BCUT2D eigenvalue weighted by molar-refractivity contribution is 0.0748. The molecule has 1 N–H and O–H groups in total. The summed E-state index contributed by atoms with van der Waals surface area (Å²) in [4.78, 5) is 17.1. The van der Waals surface area contributed by atoms with Crippen LogP contribution in [0.4, 0.5) is 15.8 Å². The number of carbonyl (C=O) groups excluding carboxylic acids is 1. The molecule has 1 fully saturated rings. The summed E-state index contributed by atoms with van der Waals surface area (Å²) in [6.07, 6.45) is 0. The molecule has 1 amide bonds. The zero-order valence-electron chi connectivity index (χ0n) is 18.8. The van der Waals surface area contributed by atoms with E-state index in [1.54, 1.807) is 47.4 Å². The minimum absolute atomic E-state index is 0.0110. The number of nitrogens with one attached hydrogen (secondary N) is 1. The summed E-state index contributed by atoms with van der Waals surface area (Å²) in [6, 6.07) is 17.2. The van der Waals surface area contributed by atoms with E-state index in [2.05, 4.69) is 9.62 Å². The van der Waals surface area contributed by atoms with Gasteiger partial charge in [-0.15, -0.1) is 0 Å². The SMILES string of the molecule is O=C(c1ccccc1NS(=O)(=O)c1ccc2c(c1)OCCO2)N1CCN(c2ccc(F)cc2)CC1. The van der Waals surface area contributed by atoms with E-state index in [-0.39, 0.29) is 27.9 Å². The van der Waals surface area contributed by atoms with Gasteiger partial charge in [0.15, 0.2) is 11.5 Å². The Kier molecular flexibility index (Phi) is 6.21. The molecule has 8 nitrogen and oxygen atoms in total. The lowest BCUT2D eigenvalue weighted by Crippen LogP contribution is -2.49. The van der Waals surface area contributed by atoms with Gasteiger partial charge in [-0.3, -0.25) is 9.52 Å². The van der Waals surface area contributed by atoms with E-state index >= 15 is 0 Å². The molecule has 5 rings (SSSR count). The van der Waals surface area contributed by atoms with E-state index in [1.807, 2.05) is 0 Å². The Morgan fingerprint density at radius 2 is 1.54 bits per heavy atom. The quantitative estimate of drug-likeness (QED) is 0.582. The summed E-state index contributed by atoms with van der Waals surface area (Å²) >= 11 is 0. The second-order valence-corrected chi connectivity index (χ2v) is 9.89. The van der Waals surface area contributed by atoms with E-state index < -0.39 is 10.0 Å². The molecule has 10 heteroatoms. The van der Waals surface area contributed by atoms with Gasteiger partial charge in [-0.25, -0.2) is 12.8 Å². The summed E-state index contributed by atoms with van der Waals surface area (Å²) in [6.45, 7) is 2.84. The van der Waals surface area contributed by atoms with E-state index in [0.717, 1.165) is 5.69 Å². The van der Waals surface area contributed by atoms with Crippen LogP contribution in [0.2, 0.25) is 0 Å².